The number of carbonyl (C=O) groups excluding carboxylic acids is 1. The maximum atomic E-state index is 12.8. The first-order chi connectivity index (χ1) is 15.6. The Morgan fingerprint density at radius 3 is 2.24 bits per heavy atom. The molecule has 2 saturated heterocycles. The number of halogens is 1. The second-order valence-electron chi connectivity index (χ2n) is 9.41. The van der Waals surface area contributed by atoms with Gasteiger partial charge >= 0.3 is 0 Å². The predicted molar refractivity (Wildman–Crippen MR) is 144 cm³/mol. The molecule has 33 heavy (non-hydrogen) atoms. The van der Waals surface area contributed by atoms with Crippen LogP contribution < -0.4 is 10.1 Å². The second kappa shape index (κ2) is 11.7. The molecule has 1 unspecified atom stereocenters. The topological polar surface area (TPSA) is 60.4 Å². The number of rotatable bonds is 7. The summed E-state index contributed by atoms with van der Waals surface area (Å²) in [5.41, 5.74) is 1.53. The molecule has 0 radical (unpaired) electrons. The lowest BCUT2D eigenvalue weighted by Crippen LogP contribution is -2.57. The summed E-state index contributed by atoms with van der Waals surface area (Å²) in [4.78, 5) is 24.6. The van der Waals surface area contributed by atoms with E-state index in [1.807, 2.05) is 17.0 Å². The summed E-state index contributed by atoms with van der Waals surface area (Å²) in [5.74, 6) is 2.20. The molecule has 1 saturated carbocycles. The van der Waals surface area contributed by atoms with Crippen molar-refractivity contribution in [1.29, 1.82) is 0 Å². The Bertz CT molecular complexity index is 798. The molecule has 0 bridgehead atoms. The summed E-state index contributed by atoms with van der Waals surface area (Å²) in [6.45, 7) is 11.3. The van der Waals surface area contributed by atoms with Crippen molar-refractivity contribution in [1.82, 2.24) is 20.0 Å². The Hall–Kier alpha value is -1.55. The molecule has 8 heteroatoms. The number of hydrogen-bond acceptors (Lipinski definition) is 4. The van der Waals surface area contributed by atoms with Gasteiger partial charge in [0.2, 0.25) is 5.91 Å². The minimum absolute atomic E-state index is 0. The van der Waals surface area contributed by atoms with Crippen molar-refractivity contribution >= 4 is 35.8 Å². The number of hydrogen-bond donors (Lipinski definition) is 1. The highest BCUT2D eigenvalue weighted by molar-refractivity contribution is 14.0. The number of amides is 1. The van der Waals surface area contributed by atoms with Gasteiger partial charge in [0.25, 0.3) is 0 Å². The summed E-state index contributed by atoms with van der Waals surface area (Å²) in [6, 6.07) is 8.44. The summed E-state index contributed by atoms with van der Waals surface area (Å²) in [5, 5.41) is 3.50. The predicted octanol–water partition coefficient (Wildman–Crippen LogP) is 2.94. The van der Waals surface area contributed by atoms with Crippen LogP contribution in [0.2, 0.25) is 0 Å². The lowest BCUT2D eigenvalue weighted by Gasteiger charge is -2.39. The smallest absolute Gasteiger partial charge is 0.239 e. The Labute approximate surface area is 215 Å². The average molecular weight is 570 g/mol. The third-order valence-corrected chi connectivity index (χ3v) is 7.36. The van der Waals surface area contributed by atoms with E-state index in [-0.39, 0.29) is 35.4 Å². The van der Waals surface area contributed by atoms with Crippen molar-refractivity contribution in [3.05, 3.63) is 29.8 Å². The first kappa shape index (κ1) is 26.1. The monoisotopic (exact) mass is 569 g/mol. The molecule has 3 fully saturated rings. The molecule has 0 spiro atoms. The molecule has 1 aromatic rings. The van der Waals surface area contributed by atoms with Gasteiger partial charge in [-0.05, 0) is 57.2 Å². The van der Waals surface area contributed by atoms with E-state index >= 15 is 0 Å². The number of guanidine groups is 1. The van der Waals surface area contributed by atoms with Gasteiger partial charge in [-0.15, -0.1) is 24.0 Å². The van der Waals surface area contributed by atoms with Crippen LogP contribution in [-0.4, -0.2) is 92.1 Å². The van der Waals surface area contributed by atoms with Crippen LogP contribution in [0.5, 0.6) is 5.75 Å². The normalized spacial score (nSPS) is 21.4. The van der Waals surface area contributed by atoms with E-state index in [9.17, 15) is 4.79 Å². The lowest BCUT2D eigenvalue weighted by atomic mass is 9.96. The zero-order valence-electron chi connectivity index (χ0n) is 20.4. The van der Waals surface area contributed by atoms with Gasteiger partial charge in [0.15, 0.2) is 5.96 Å². The van der Waals surface area contributed by atoms with Crippen LogP contribution in [0.3, 0.4) is 0 Å². The zero-order chi connectivity index (χ0) is 22.6. The molecule has 3 aliphatic rings. The molecule has 2 heterocycles. The van der Waals surface area contributed by atoms with Gasteiger partial charge in [-0.2, -0.15) is 0 Å². The van der Waals surface area contributed by atoms with E-state index in [0.29, 0.717) is 5.91 Å². The Morgan fingerprint density at radius 2 is 1.70 bits per heavy atom. The number of methoxy groups -OCH3 is 1. The number of likely N-dealkylation sites (tertiary alicyclic amines) is 1. The van der Waals surface area contributed by atoms with E-state index < -0.39 is 0 Å². The summed E-state index contributed by atoms with van der Waals surface area (Å²) in [7, 11) is 1.71. The second-order valence-corrected chi connectivity index (χ2v) is 9.41. The van der Waals surface area contributed by atoms with Crippen LogP contribution in [0.25, 0.3) is 0 Å². The fourth-order valence-electron chi connectivity index (χ4n) is 4.96. The Morgan fingerprint density at radius 1 is 1.06 bits per heavy atom. The van der Waals surface area contributed by atoms with Crippen LogP contribution in [-0.2, 0) is 10.2 Å². The number of nitrogens with zero attached hydrogens (tertiary/aromatic N) is 4. The van der Waals surface area contributed by atoms with Gasteiger partial charge in [0, 0.05) is 51.2 Å². The fourth-order valence-corrected chi connectivity index (χ4v) is 4.96. The summed E-state index contributed by atoms with van der Waals surface area (Å²) in [6.07, 6.45) is 4.66. The van der Waals surface area contributed by atoms with Crippen LogP contribution in [0, 0.1) is 0 Å². The van der Waals surface area contributed by atoms with Crippen molar-refractivity contribution in [2.75, 3.05) is 59.5 Å². The van der Waals surface area contributed by atoms with E-state index in [4.69, 9.17) is 9.73 Å². The molecule has 1 amide bonds. The molecule has 1 atom stereocenters. The van der Waals surface area contributed by atoms with Crippen molar-refractivity contribution in [2.24, 2.45) is 4.99 Å². The highest BCUT2D eigenvalue weighted by Gasteiger charge is 2.44. The lowest BCUT2D eigenvalue weighted by molar-refractivity contribution is -0.135. The van der Waals surface area contributed by atoms with Crippen LogP contribution in [0.1, 0.15) is 45.1 Å². The third-order valence-electron chi connectivity index (χ3n) is 7.36. The number of piperazine rings is 1. The molecule has 4 rings (SSSR count). The van der Waals surface area contributed by atoms with Gasteiger partial charge < -0.3 is 19.9 Å². The molecule has 1 aromatic carbocycles. The van der Waals surface area contributed by atoms with Gasteiger partial charge in [0.1, 0.15) is 5.75 Å². The van der Waals surface area contributed by atoms with Crippen molar-refractivity contribution in [2.45, 2.75) is 51.0 Å². The molecule has 1 N–H and O–H groups in total. The molecule has 0 aromatic heterocycles. The Kier molecular flexibility index (Phi) is 9.26. The maximum absolute atomic E-state index is 12.8. The number of carbonyl (C=O) groups is 1. The van der Waals surface area contributed by atoms with Gasteiger partial charge in [0.05, 0.1) is 19.7 Å². The largest absolute Gasteiger partial charge is 0.497 e. The van der Waals surface area contributed by atoms with Gasteiger partial charge in [-0.1, -0.05) is 12.1 Å². The molecule has 7 nitrogen and oxygen atoms in total. The fraction of sp³-hybridized carbons (Fsp3) is 0.680. The standard InChI is InChI=1S/C25H39N5O2.HI/c1-4-26-24(27-19-25(11-12-25)21-7-9-22(32-3)10-8-21)30-17-15-28(16-18-30)20(2)23(31)29-13-5-6-14-29;/h7-10,20H,4-6,11-19H2,1-3H3,(H,26,27);1H. The quantitative estimate of drug-likeness (QED) is 0.311. The molecule has 184 valence electrons. The first-order valence-electron chi connectivity index (χ1n) is 12.3. The number of ether oxygens (including phenoxy) is 1. The van der Waals surface area contributed by atoms with Crippen LogP contribution >= 0.6 is 24.0 Å². The first-order valence-corrected chi connectivity index (χ1v) is 12.3. The number of aliphatic imine (C=N–C) groups is 1. The van der Waals surface area contributed by atoms with Crippen LogP contribution in [0.4, 0.5) is 0 Å². The number of nitrogens with one attached hydrogen (secondary N) is 1. The summed E-state index contributed by atoms with van der Waals surface area (Å²) < 4.78 is 5.31. The zero-order valence-corrected chi connectivity index (χ0v) is 22.7. The minimum atomic E-state index is -0.0282. The molecule has 2 aliphatic heterocycles. The van der Waals surface area contributed by atoms with E-state index in [1.54, 1.807) is 7.11 Å². The molecular weight excluding hydrogens is 529 g/mol. The molecular formula is C25H40IN5O2. The van der Waals surface area contributed by atoms with Crippen molar-refractivity contribution in [3.8, 4) is 5.75 Å². The summed E-state index contributed by atoms with van der Waals surface area (Å²) >= 11 is 0. The van der Waals surface area contributed by atoms with E-state index in [1.165, 1.54) is 18.4 Å². The van der Waals surface area contributed by atoms with Crippen molar-refractivity contribution < 1.29 is 9.53 Å². The average Bonchev–Trinajstić information content (AvgIpc) is 3.43. The highest BCUT2D eigenvalue weighted by Crippen LogP contribution is 2.48. The van der Waals surface area contributed by atoms with E-state index in [0.717, 1.165) is 76.9 Å². The van der Waals surface area contributed by atoms with Gasteiger partial charge in [-0.25, -0.2) is 0 Å². The highest BCUT2D eigenvalue weighted by atomic mass is 127. The molecule has 1 aliphatic carbocycles. The van der Waals surface area contributed by atoms with Gasteiger partial charge in [-0.3, -0.25) is 14.7 Å². The maximum Gasteiger partial charge on any atom is 0.239 e. The minimum Gasteiger partial charge on any atom is -0.497 e. The van der Waals surface area contributed by atoms with E-state index in [2.05, 4.69) is 41.1 Å². The number of benzene rings is 1. The van der Waals surface area contributed by atoms with Crippen molar-refractivity contribution in [3.63, 3.8) is 0 Å². The SMILES string of the molecule is CCNC(=NCC1(c2ccc(OC)cc2)CC1)N1CCN(C(C)C(=O)N2CCCC2)CC1.I. The third kappa shape index (κ3) is 6.12. The Balaban J connectivity index is 0.00000306. The van der Waals surface area contributed by atoms with Crippen LogP contribution in [0.15, 0.2) is 29.3 Å².